The van der Waals surface area contributed by atoms with E-state index in [2.05, 4.69) is 10.6 Å². The summed E-state index contributed by atoms with van der Waals surface area (Å²) >= 11 is 0. The van der Waals surface area contributed by atoms with Crippen LogP contribution in [0.2, 0.25) is 0 Å². The molecule has 3 rings (SSSR count). The van der Waals surface area contributed by atoms with Crippen LogP contribution in [0.5, 0.6) is 5.75 Å². The molecule has 0 saturated carbocycles. The van der Waals surface area contributed by atoms with E-state index in [1.165, 1.54) is 5.56 Å². The standard InChI is InChI=1S/C17H16N2O3/c1-11-2-4-12(5-3-11)9-18-17(21)13-6-7-15-14(8-13)19-16(20)10-22-15/h2-8H,9-10H2,1H3,(H,18,21)(H,19,20). The lowest BCUT2D eigenvalue weighted by atomic mass is 10.1. The first-order chi connectivity index (χ1) is 10.6. The summed E-state index contributed by atoms with van der Waals surface area (Å²) in [4.78, 5) is 23.5. The molecule has 1 aliphatic rings. The van der Waals surface area contributed by atoms with Crippen LogP contribution in [0.4, 0.5) is 5.69 Å². The smallest absolute Gasteiger partial charge is 0.262 e. The zero-order chi connectivity index (χ0) is 15.5. The van der Waals surface area contributed by atoms with E-state index in [4.69, 9.17) is 4.74 Å². The van der Waals surface area contributed by atoms with Crippen LogP contribution in [0.25, 0.3) is 0 Å². The van der Waals surface area contributed by atoms with Crippen LogP contribution in [0.1, 0.15) is 21.5 Å². The van der Waals surface area contributed by atoms with Crippen molar-refractivity contribution in [3.8, 4) is 5.75 Å². The van der Waals surface area contributed by atoms with E-state index in [-0.39, 0.29) is 18.4 Å². The molecular weight excluding hydrogens is 280 g/mol. The lowest BCUT2D eigenvalue weighted by Crippen LogP contribution is -2.27. The lowest BCUT2D eigenvalue weighted by Gasteiger charge is -2.18. The minimum absolute atomic E-state index is 0.00592. The maximum absolute atomic E-state index is 12.2. The molecule has 2 aromatic rings. The van der Waals surface area contributed by atoms with Gasteiger partial charge in [-0.15, -0.1) is 0 Å². The van der Waals surface area contributed by atoms with Gasteiger partial charge in [-0.05, 0) is 30.7 Å². The predicted octanol–water partition coefficient (Wildman–Crippen LogP) is 2.26. The second kappa shape index (κ2) is 5.89. The van der Waals surface area contributed by atoms with Crippen molar-refractivity contribution in [2.24, 2.45) is 0 Å². The number of carbonyl (C=O) groups excluding carboxylic acids is 2. The molecule has 0 atom stereocenters. The summed E-state index contributed by atoms with van der Waals surface area (Å²) in [6.45, 7) is 2.48. The fraction of sp³-hybridized carbons (Fsp3) is 0.176. The molecule has 0 aromatic heterocycles. The third kappa shape index (κ3) is 3.09. The fourth-order valence-electron chi connectivity index (χ4n) is 2.21. The molecule has 0 saturated heterocycles. The zero-order valence-electron chi connectivity index (χ0n) is 12.2. The number of hydrogen-bond donors (Lipinski definition) is 2. The van der Waals surface area contributed by atoms with E-state index in [0.717, 1.165) is 5.56 Å². The zero-order valence-corrected chi connectivity index (χ0v) is 12.2. The fourth-order valence-corrected chi connectivity index (χ4v) is 2.21. The quantitative estimate of drug-likeness (QED) is 0.913. The van der Waals surface area contributed by atoms with Crippen LogP contribution in [-0.4, -0.2) is 18.4 Å². The summed E-state index contributed by atoms with van der Waals surface area (Å²) in [5.41, 5.74) is 3.23. The summed E-state index contributed by atoms with van der Waals surface area (Å²) < 4.78 is 5.27. The van der Waals surface area contributed by atoms with Crippen LogP contribution in [0, 0.1) is 6.92 Å². The Kier molecular flexibility index (Phi) is 3.78. The maximum Gasteiger partial charge on any atom is 0.262 e. The van der Waals surface area contributed by atoms with Gasteiger partial charge in [-0.3, -0.25) is 9.59 Å². The second-order valence-corrected chi connectivity index (χ2v) is 5.22. The van der Waals surface area contributed by atoms with E-state index >= 15 is 0 Å². The van der Waals surface area contributed by atoms with Gasteiger partial charge < -0.3 is 15.4 Å². The molecular formula is C17H16N2O3. The van der Waals surface area contributed by atoms with Gasteiger partial charge in [0.15, 0.2) is 6.61 Å². The van der Waals surface area contributed by atoms with Crippen molar-refractivity contribution in [3.63, 3.8) is 0 Å². The highest BCUT2D eigenvalue weighted by Gasteiger charge is 2.17. The molecule has 2 aromatic carbocycles. The number of carbonyl (C=O) groups is 2. The van der Waals surface area contributed by atoms with Crippen LogP contribution in [0.15, 0.2) is 42.5 Å². The van der Waals surface area contributed by atoms with E-state index in [1.54, 1.807) is 18.2 Å². The number of aryl methyl sites for hydroxylation is 1. The third-order valence-corrected chi connectivity index (χ3v) is 3.45. The highest BCUT2D eigenvalue weighted by molar-refractivity contribution is 5.99. The van der Waals surface area contributed by atoms with Crippen molar-refractivity contribution in [1.29, 1.82) is 0 Å². The molecule has 0 bridgehead atoms. The number of benzene rings is 2. The van der Waals surface area contributed by atoms with Gasteiger partial charge in [-0.1, -0.05) is 29.8 Å². The molecule has 0 radical (unpaired) electrons. The number of rotatable bonds is 3. The second-order valence-electron chi connectivity index (χ2n) is 5.22. The van der Waals surface area contributed by atoms with Gasteiger partial charge in [0.05, 0.1) is 5.69 Å². The molecule has 1 heterocycles. The van der Waals surface area contributed by atoms with E-state index in [0.29, 0.717) is 23.5 Å². The highest BCUT2D eigenvalue weighted by atomic mass is 16.5. The Morgan fingerprint density at radius 1 is 1.23 bits per heavy atom. The van der Waals surface area contributed by atoms with Gasteiger partial charge in [-0.25, -0.2) is 0 Å². The van der Waals surface area contributed by atoms with E-state index in [9.17, 15) is 9.59 Å². The molecule has 0 unspecified atom stereocenters. The number of ether oxygens (including phenoxy) is 1. The predicted molar refractivity (Wildman–Crippen MR) is 82.9 cm³/mol. The SMILES string of the molecule is Cc1ccc(CNC(=O)c2ccc3c(c2)NC(=O)CO3)cc1. The Hall–Kier alpha value is -2.82. The van der Waals surface area contributed by atoms with E-state index < -0.39 is 0 Å². The minimum atomic E-state index is -0.218. The molecule has 2 N–H and O–H groups in total. The first-order valence-electron chi connectivity index (χ1n) is 7.02. The maximum atomic E-state index is 12.2. The first kappa shape index (κ1) is 14.1. The van der Waals surface area contributed by atoms with Crippen molar-refractivity contribution in [2.45, 2.75) is 13.5 Å². The summed E-state index contributed by atoms with van der Waals surface area (Å²) in [5, 5.41) is 5.55. The molecule has 22 heavy (non-hydrogen) atoms. The van der Waals surface area contributed by atoms with Crippen molar-refractivity contribution in [2.75, 3.05) is 11.9 Å². The monoisotopic (exact) mass is 296 g/mol. The summed E-state index contributed by atoms with van der Waals surface area (Å²) in [7, 11) is 0. The van der Waals surface area contributed by atoms with Gasteiger partial charge in [-0.2, -0.15) is 0 Å². The molecule has 5 heteroatoms. The topological polar surface area (TPSA) is 67.4 Å². The number of hydrogen-bond acceptors (Lipinski definition) is 3. The molecule has 0 fully saturated rings. The summed E-state index contributed by atoms with van der Waals surface area (Å²) in [5.74, 6) is 0.169. The molecule has 5 nitrogen and oxygen atoms in total. The molecule has 1 aliphatic heterocycles. The average molecular weight is 296 g/mol. The largest absolute Gasteiger partial charge is 0.482 e. The van der Waals surface area contributed by atoms with Crippen LogP contribution in [-0.2, 0) is 11.3 Å². The van der Waals surface area contributed by atoms with Crippen molar-refractivity contribution < 1.29 is 14.3 Å². The number of nitrogens with one attached hydrogen (secondary N) is 2. The number of anilines is 1. The molecule has 2 amide bonds. The van der Waals surface area contributed by atoms with Gasteiger partial charge in [0.2, 0.25) is 0 Å². The Morgan fingerprint density at radius 2 is 2.00 bits per heavy atom. The van der Waals surface area contributed by atoms with E-state index in [1.807, 2.05) is 31.2 Å². The lowest BCUT2D eigenvalue weighted by molar-refractivity contribution is -0.118. The molecule has 0 spiro atoms. The van der Waals surface area contributed by atoms with Crippen LogP contribution >= 0.6 is 0 Å². The average Bonchev–Trinajstić information content (AvgIpc) is 2.53. The van der Waals surface area contributed by atoms with Gasteiger partial charge in [0, 0.05) is 12.1 Å². The Balaban J connectivity index is 1.68. The minimum Gasteiger partial charge on any atom is -0.482 e. The highest BCUT2D eigenvalue weighted by Crippen LogP contribution is 2.28. The third-order valence-electron chi connectivity index (χ3n) is 3.45. The summed E-state index contributed by atoms with van der Waals surface area (Å²) in [6, 6.07) is 13.0. The Morgan fingerprint density at radius 3 is 2.77 bits per heavy atom. The Labute approximate surface area is 128 Å². The Bertz CT molecular complexity index is 723. The number of fused-ring (bicyclic) bond motifs is 1. The normalized spacial score (nSPS) is 12.9. The van der Waals surface area contributed by atoms with Gasteiger partial charge >= 0.3 is 0 Å². The van der Waals surface area contributed by atoms with Crippen molar-refractivity contribution >= 4 is 17.5 Å². The summed E-state index contributed by atoms with van der Waals surface area (Å²) in [6.07, 6.45) is 0. The van der Waals surface area contributed by atoms with Crippen LogP contribution < -0.4 is 15.4 Å². The molecule has 112 valence electrons. The van der Waals surface area contributed by atoms with Crippen molar-refractivity contribution in [1.82, 2.24) is 5.32 Å². The molecule has 0 aliphatic carbocycles. The number of amides is 2. The van der Waals surface area contributed by atoms with Gasteiger partial charge in [0.1, 0.15) is 5.75 Å². The van der Waals surface area contributed by atoms with Gasteiger partial charge in [0.25, 0.3) is 11.8 Å². The van der Waals surface area contributed by atoms with Crippen LogP contribution in [0.3, 0.4) is 0 Å². The first-order valence-corrected chi connectivity index (χ1v) is 7.02. The van der Waals surface area contributed by atoms with Crippen molar-refractivity contribution in [3.05, 3.63) is 59.2 Å².